The first-order valence-electron chi connectivity index (χ1n) is 5.85. The molecule has 0 bridgehead atoms. The van der Waals surface area contributed by atoms with Gasteiger partial charge in [-0.25, -0.2) is 18.2 Å². The number of hydrogen-bond acceptors (Lipinski definition) is 5. The van der Waals surface area contributed by atoms with E-state index in [9.17, 15) is 13.2 Å². The van der Waals surface area contributed by atoms with Gasteiger partial charge in [0.25, 0.3) is 0 Å². The molecule has 0 unspecified atom stereocenters. The van der Waals surface area contributed by atoms with Crippen LogP contribution >= 0.6 is 0 Å². The molecule has 19 heavy (non-hydrogen) atoms. The van der Waals surface area contributed by atoms with Crippen LogP contribution in [0.4, 0.5) is 5.82 Å². The van der Waals surface area contributed by atoms with Crippen LogP contribution in [0.3, 0.4) is 0 Å². The number of carboxylic acids is 1. The predicted molar refractivity (Wildman–Crippen MR) is 71.8 cm³/mol. The molecular weight excluding hydrogens is 268 g/mol. The molecular formula is C12H18N2O4S. The van der Waals surface area contributed by atoms with Crippen molar-refractivity contribution in [3.8, 4) is 0 Å². The minimum absolute atomic E-state index is 0.105. The second-order valence-corrected chi connectivity index (χ2v) is 6.83. The van der Waals surface area contributed by atoms with E-state index in [2.05, 4.69) is 10.3 Å². The minimum Gasteiger partial charge on any atom is -0.480 e. The number of hydrogen-bond donors (Lipinski definition) is 2. The molecule has 7 heteroatoms. The first-order valence-corrected chi connectivity index (χ1v) is 7.74. The Morgan fingerprint density at radius 3 is 2.42 bits per heavy atom. The molecule has 1 aromatic rings. The molecule has 0 aliphatic heterocycles. The SMILES string of the molecule is CC(C)C[C@H](Nc1ccc(S(C)(=O)=O)cn1)C(=O)O. The van der Waals surface area contributed by atoms with E-state index in [-0.39, 0.29) is 10.8 Å². The number of nitrogens with one attached hydrogen (secondary N) is 1. The van der Waals surface area contributed by atoms with E-state index < -0.39 is 21.8 Å². The van der Waals surface area contributed by atoms with Crippen molar-refractivity contribution in [3.05, 3.63) is 18.3 Å². The van der Waals surface area contributed by atoms with Gasteiger partial charge in [-0.1, -0.05) is 13.8 Å². The molecule has 106 valence electrons. The Hall–Kier alpha value is -1.63. The highest BCUT2D eigenvalue weighted by molar-refractivity contribution is 7.90. The van der Waals surface area contributed by atoms with Crippen LogP contribution in [-0.4, -0.2) is 36.8 Å². The number of anilines is 1. The Bertz CT molecular complexity index is 537. The van der Waals surface area contributed by atoms with Crippen LogP contribution in [0.1, 0.15) is 20.3 Å². The summed E-state index contributed by atoms with van der Waals surface area (Å²) in [4.78, 5) is 15.1. The zero-order valence-corrected chi connectivity index (χ0v) is 11.9. The third kappa shape index (κ3) is 4.86. The van der Waals surface area contributed by atoms with Crippen LogP contribution in [0.2, 0.25) is 0 Å². The largest absolute Gasteiger partial charge is 0.480 e. The van der Waals surface area contributed by atoms with E-state index >= 15 is 0 Å². The first-order chi connectivity index (χ1) is 8.70. The standard InChI is InChI=1S/C12H18N2O4S/c1-8(2)6-10(12(15)16)14-11-5-4-9(7-13-11)19(3,17)18/h4-5,7-8,10H,6H2,1-3H3,(H,13,14)(H,15,16)/t10-/m0/s1. The Labute approximate surface area is 112 Å². The third-order valence-electron chi connectivity index (χ3n) is 2.49. The smallest absolute Gasteiger partial charge is 0.326 e. The van der Waals surface area contributed by atoms with Crippen molar-refractivity contribution >= 4 is 21.6 Å². The quantitative estimate of drug-likeness (QED) is 0.820. The average molecular weight is 286 g/mol. The number of aromatic nitrogens is 1. The average Bonchev–Trinajstić information content (AvgIpc) is 2.27. The Kier molecular flexibility index (Phi) is 4.88. The summed E-state index contributed by atoms with van der Waals surface area (Å²) in [7, 11) is -3.29. The van der Waals surface area contributed by atoms with Crippen LogP contribution in [0, 0.1) is 5.92 Å². The number of aliphatic carboxylic acids is 1. The third-order valence-corrected chi connectivity index (χ3v) is 3.59. The lowest BCUT2D eigenvalue weighted by molar-refractivity contribution is -0.138. The molecule has 2 N–H and O–H groups in total. The Balaban J connectivity index is 2.84. The molecule has 1 rings (SSSR count). The van der Waals surface area contributed by atoms with Crippen LogP contribution in [0.15, 0.2) is 23.2 Å². The monoisotopic (exact) mass is 286 g/mol. The molecule has 1 aromatic heterocycles. The highest BCUT2D eigenvalue weighted by atomic mass is 32.2. The molecule has 0 spiro atoms. The molecule has 6 nitrogen and oxygen atoms in total. The van der Waals surface area contributed by atoms with Crippen molar-refractivity contribution in [1.82, 2.24) is 4.98 Å². The number of carboxylic acid groups (broad SMARTS) is 1. The van der Waals surface area contributed by atoms with Gasteiger partial charge in [0, 0.05) is 12.5 Å². The second kappa shape index (κ2) is 6.01. The molecule has 0 fully saturated rings. The van der Waals surface area contributed by atoms with Crippen LogP contribution in [0.25, 0.3) is 0 Å². The fourth-order valence-electron chi connectivity index (χ4n) is 1.56. The Morgan fingerprint density at radius 1 is 1.42 bits per heavy atom. The molecule has 0 aliphatic carbocycles. The number of pyridine rings is 1. The zero-order chi connectivity index (χ0) is 14.6. The number of carbonyl (C=O) groups is 1. The summed E-state index contributed by atoms with van der Waals surface area (Å²) in [5, 5.41) is 11.9. The van der Waals surface area contributed by atoms with Crippen molar-refractivity contribution in [3.63, 3.8) is 0 Å². The number of rotatable bonds is 6. The van der Waals surface area contributed by atoms with E-state index in [1.54, 1.807) is 0 Å². The van der Waals surface area contributed by atoms with Gasteiger partial charge in [0.1, 0.15) is 11.9 Å². The van der Waals surface area contributed by atoms with Crippen molar-refractivity contribution in [1.29, 1.82) is 0 Å². The van der Waals surface area contributed by atoms with Crippen molar-refractivity contribution in [2.75, 3.05) is 11.6 Å². The summed E-state index contributed by atoms with van der Waals surface area (Å²) in [6.45, 7) is 3.86. The van der Waals surface area contributed by atoms with Gasteiger partial charge in [-0.3, -0.25) is 0 Å². The van der Waals surface area contributed by atoms with Crippen molar-refractivity contribution in [2.24, 2.45) is 5.92 Å². The topological polar surface area (TPSA) is 96.4 Å². The predicted octanol–water partition coefficient (Wildman–Crippen LogP) is 1.40. The van der Waals surface area contributed by atoms with E-state index in [0.29, 0.717) is 12.2 Å². The molecule has 0 aliphatic rings. The molecule has 0 saturated carbocycles. The van der Waals surface area contributed by atoms with Gasteiger partial charge in [-0.05, 0) is 24.5 Å². The lowest BCUT2D eigenvalue weighted by atomic mass is 10.0. The van der Waals surface area contributed by atoms with Gasteiger partial charge in [-0.15, -0.1) is 0 Å². The zero-order valence-electron chi connectivity index (χ0n) is 11.1. The van der Waals surface area contributed by atoms with Gasteiger partial charge in [0.2, 0.25) is 0 Å². The molecule has 0 amide bonds. The van der Waals surface area contributed by atoms with E-state index in [1.165, 1.54) is 18.3 Å². The lowest BCUT2D eigenvalue weighted by Crippen LogP contribution is -2.31. The maximum atomic E-state index is 11.3. The molecule has 1 atom stereocenters. The van der Waals surface area contributed by atoms with Crippen LogP contribution in [-0.2, 0) is 14.6 Å². The van der Waals surface area contributed by atoms with Gasteiger partial charge in [0.15, 0.2) is 9.84 Å². The van der Waals surface area contributed by atoms with Crippen LogP contribution in [0.5, 0.6) is 0 Å². The van der Waals surface area contributed by atoms with E-state index in [0.717, 1.165) is 6.26 Å². The number of nitrogens with zero attached hydrogens (tertiary/aromatic N) is 1. The highest BCUT2D eigenvalue weighted by Crippen LogP contribution is 2.14. The summed E-state index contributed by atoms with van der Waals surface area (Å²) in [5.41, 5.74) is 0. The van der Waals surface area contributed by atoms with Crippen molar-refractivity contribution in [2.45, 2.75) is 31.2 Å². The summed E-state index contributed by atoms with van der Waals surface area (Å²) >= 11 is 0. The van der Waals surface area contributed by atoms with E-state index in [4.69, 9.17) is 5.11 Å². The van der Waals surface area contributed by atoms with Crippen molar-refractivity contribution < 1.29 is 18.3 Å². The summed E-state index contributed by atoms with van der Waals surface area (Å²) in [5.74, 6) is -0.382. The molecule has 0 radical (unpaired) electrons. The second-order valence-electron chi connectivity index (χ2n) is 4.82. The lowest BCUT2D eigenvalue weighted by Gasteiger charge is -2.16. The summed E-state index contributed by atoms with van der Waals surface area (Å²) in [6, 6.07) is 2.13. The summed E-state index contributed by atoms with van der Waals surface area (Å²) in [6.07, 6.45) is 2.77. The fraction of sp³-hybridized carbons (Fsp3) is 0.500. The van der Waals surface area contributed by atoms with Gasteiger partial charge in [-0.2, -0.15) is 0 Å². The normalized spacial score (nSPS) is 13.3. The highest BCUT2D eigenvalue weighted by Gasteiger charge is 2.19. The molecule has 0 aromatic carbocycles. The van der Waals surface area contributed by atoms with Gasteiger partial charge in [0.05, 0.1) is 4.90 Å². The number of sulfone groups is 1. The Morgan fingerprint density at radius 2 is 2.05 bits per heavy atom. The molecule has 1 heterocycles. The maximum absolute atomic E-state index is 11.3. The van der Waals surface area contributed by atoms with Gasteiger partial charge < -0.3 is 10.4 Å². The summed E-state index contributed by atoms with van der Waals surface area (Å²) < 4.78 is 22.5. The minimum atomic E-state index is -3.29. The van der Waals surface area contributed by atoms with E-state index in [1.807, 2.05) is 13.8 Å². The van der Waals surface area contributed by atoms with Crippen LogP contribution < -0.4 is 5.32 Å². The molecule has 0 saturated heterocycles. The van der Waals surface area contributed by atoms with Gasteiger partial charge >= 0.3 is 5.97 Å². The maximum Gasteiger partial charge on any atom is 0.326 e. The first kappa shape index (κ1) is 15.4. The fourth-order valence-corrected chi connectivity index (χ4v) is 2.12.